The first-order valence-electron chi connectivity index (χ1n) is 7.06. The third-order valence-electron chi connectivity index (χ3n) is 3.31. The van der Waals surface area contributed by atoms with Gasteiger partial charge in [-0.3, -0.25) is 0 Å². The summed E-state index contributed by atoms with van der Waals surface area (Å²) < 4.78 is 50.3. The van der Waals surface area contributed by atoms with Crippen LogP contribution in [-0.2, 0) is 21.3 Å². The van der Waals surface area contributed by atoms with Crippen LogP contribution in [0.15, 0.2) is 53.9 Å². The van der Waals surface area contributed by atoms with Crippen molar-refractivity contribution in [1.29, 1.82) is 0 Å². The molecule has 0 aliphatic heterocycles. The van der Waals surface area contributed by atoms with Gasteiger partial charge in [0.1, 0.15) is 16.6 Å². The lowest BCUT2D eigenvalue weighted by Gasteiger charge is -2.03. The van der Waals surface area contributed by atoms with Crippen molar-refractivity contribution in [3.63, 3.8) is 0 Å². The lowest BCUT2D eigenvalue weighted by atomic mass is 10.2. The Morgan fingerprint density at radius 3 is 2.08 bits per heavy atom. The van der Waals surface area contributed by atoms with Crippen molar-refractivity contribution in [2.45, 2.75) is 11.5 Å². The minimum absolute atomic E-state index is 0.170. The van der Waals surface area contributed by atoms with Crippen molar-refractivity contribution in [3.8, 4) is 10.6 Å². The number of halogens is 2. The molecule has 0 saturated carbocycles. The number of sulfone groups is 1. The molecule has 0 unspecified atom stereocenters. The highest BCUT2D eigenvalue weighted by molar-refractivity contribution is 7.89. The Labute approximate surface area is 142 Å². The summed E-state index contributed by atoms with van der Waals surface area (Å²) in [5.74, 6) is -1.10. The average molecular weight is 365 g/mol. The number of thiazole rings is 1. The smallest absolute Gasteiger partial charge is 0.160 e. The van der Waals surface area contributed by atoms with E-state index in [1.165, 1.54) is 47.7 Å². The Kier molecular flexibility index (Phi) is 4.73. The summed E-state index contributed by atoms with van der Waals surface area (Å²) in [4.78, 5) is 4.31. The van der Waals surface area contributed by atoms with E-state index in [2.05, 4.69) is 4.98 Å². The van der Waals surface area contributed by atoms with E-state index in [0.717, 1.165) is 5.56 Å². The third kappa shape index (κ3) is 4.24. The van der Waals surface area contributed by atoms with Gasteiger partial charge < -0.3 is 0 Å². The van der Waals surface area contributed by atoms with E-state index in [1.54, 1.807) is 17.5 Å². The summed E-state index contributed by atoms with van der Waals surface area (Å²) in [5.41, 5.74) is 1.72. The fourth-order valence-electron chi connectivity index (χ4n) is 2.21. The van der Waals surface area contributed by atoms with Crippen LogP contribution in [0.5, 0.6) is 0 Å². The van der Waals surface area contributed by atoms with Crippen LogP contribution in [0.25, 0.3) is 10.6 Å². The fraction of sp³-hybridized carbons (Fsp3) is 0.118. The normalized spacial score (nSPS) is 11.6. The molecule has 3 nitrogen and oxygen atoms in total. The van der Waals surface area contributed by atoms with E-state index in [4.69, 9.17) is 0 Å². The zero-order chi connectivity index (χ0) is 17.2. The first-order valence-corrected chi connectivity index (χ1v) is 9.77. The van der Waals surface area contributed by atoms with Crippen molar-refractivity contribution < 1.29 is 17.2 Å². The second kappa shape index (κ2) is 6.78. The minimum Gasteiger partial charge on any atom is -0.240 e. The Bertz CT molecular complexity index is 933. The highest BCUT2D eigenvalue weighted by Crippen LogP contribution is 2.25. The second-order valence-electron chi connectivity index (χ2n) is 5.31. The summed E-state index contributed by atoms with van der Waals surface area (Å²) in [6.07, 6.45) is 0. The summed E-state index contributed by atoms with van der Waals surface area (Å²) in [6, 6.07) is 11.3. The van der Waals surface area contributed by atoms with Crippen LogP contribution in [-0.4, -0.2) is 13.4 Å². The van der Waals surface area contributed by atoms with Gasteiger partial charge in [0.05, 0.1) is 17.2 Å². The monoisotopic (exact) mass is 365 g/mol. The molecule has 1 heterocycles. The lowest BCUT2D eigenvalue weighted by molar-refractivity contribution is 0.593. The van der Waals surface area contributed by atoms with E-state index in [-0.39, 0.29) is 17.3 Å². The van der Waals surface area contributed by atoms with Crippen molar-refractivity contribution in [2.24, 2.45) is 0 Å². The zero-order valence-electron chi connectivity index (χ0n) is 12.4. The molecular formula is C17H13F2NO2S2. The molecule has 0 spiro atoms. The van der Waals surface area contributed by atoms with Gasteiger partial charge in [0, 0.05) is 10.9 Å². The van der Waals surface area contributed by atoms with Crippen LogP contribution in [0.4, 0.5) is 8.78 Å². The Morgan fingerprint density at radius 2 is 1.46 bits per heavy atom. The molecule has 0 saturated heterocycles. The molecule has 3 aromatic rings. The van der Waals surface area contributed by atoms with E-state index in [9.17, 15) is 17.2 Å². The molecule has 124 valence electrons. The van der Waals surface area contributed by atoms with Crippen LogP contribution in [0.2, 0.25) is 0 Å². The predicted molar refractivity (Wildman–Crippen MR) is 90.2 cm³/mol. The van der Waals surface area contributed by atoms with E-state index in [1.807, 2.05) is 0 Å². The topological polar surface area (TPSA) is 47.0 Å². The fourth-order valence-corrected chi connectivity index (χ4v) is 4.54. The molecule has 0 aliphatic carbocycles. The maximum Gasteiger partial charge on any atom is 0.160 e. The highest BCUT2D eigenvalue weighted by Gasteiger charge is 2.16. The van der Waals surface area contributed by atoms with Gasteiger partial charge in [-0.15, -0.1) is 11.3 Å². The van der Waals surface area contributed by atoms with Crippen LogP contribution in [0.1, 0.15) is 11.3 Å². The predicted octanol–water partition coefficient (Wildman–Crippen LogP) is 4.20. The standard InChI is InChI=1S/C17H13F2NO2S2/c18-14-5-1-12(2-6-14)10-24(21,22)11-16-9-23-17(20-16)13-3-7-15(19)8-4-13/h1-9H,10-11H2. The van der Waals surface area contributed by atoms with Crippen LogP contribution in [0, 0.1) is 11.6 Å². The molecule has 0 amide bonds. The number of aromatic nitrogens is 1. The average Bonchev–Trinajstić information content (AvgIpc) is 2.98. The lowest BCUT2D eigenvalue weighted by Crippen LogP contribution is -2.08. The third-order valence-corrected chi connectivity index (χ3v) is 5.76. The SMILES string of the molecule is O=S(=O)(Cc1ccc(F)cc1)Cc1csc(-c2ccc(F)cc2)n1. The largest absolute Gasteiger partial charge is 0.240 e. The van der Waals surface area contributed by atoms with Crippen molar-refractivity contribution in [1.82, 2.24) is 4.98 Å². The Balaban J connectivity index is 1.73. The van der Waals surface area contributed by atoms with Gasteiger partial charge in [-0.05, 0) is 42.0 Å². The van der Waals surface area contributed by atoms with Gasteiger partial charge >= 0.3 is 0 Å². The van der Waals surface area contributed by atoms with Crippen molar-refractivity contribution in [2.75, 3.05) is 0 Å². The zero-order valence-corrected chi connectivity index (χ0v) is 14.1. The number of hydrogen-bond donors (Lipinski definition) is 0. The molecule has 0 bridgehead atoms. The van der Waals surface area contributed by atoms with Gasteiger partial charge in [-0.2, -0.15) is 0 Å². The molecule has 0 N–H and O–H groups in total. The van der Waals surface area contributed by atoms with Crippen LogP contribution < -0.4 is 0 Å². The number of benzene rings is 2. The Hall–Kier alpha value is -2.12. The minimum atomic E-state index is -3.41. The molecular weight excluding hydrogens is 352 g/mol. The Morgan fingerprint density at radius 1 is 0.875 bits per heavy atom. The molecule has 0 aliphatic rings. The van der Waals surface area contributed by atoms with Gasteiger partial charge in [-0.1, -0.05) is 12.1 Å². The summed E-state index contributed by atoms with van der Waals surface area (Å²) >= 11 is 1.31. The molecule has 2 aromatic carbocycles. The maximum atomic E-state index is 12.9. The molecule has 0 radical (unpaired) electrons. The molecule has 0 atom stereocenters. The van der Waals surface area contributed by atoms with Crippen molar-refractivity contribution >= 4 is 21.2 Å². The molecule has 24 heavy (non-hydrogen) atoms. The summed E-state index contributed by atoms with van der Waals surface area (Å²) in [7, 11) is -3.41. The van der Waals surface area contributed by atoms with Crippen LogP contribution in [0.3, 0.4) is 0 Å². The quantitative estimate of drug-likeness (QED) is 0.681. The van der Waals surface area contributed by atoms with Gasteiger partial charge in [0.15, 0.2) is 9.84 Å². The summed E-state index contributed by atoms with van der Waals surface area (Å²) in [5, 5.41) is 2.32. The van der Waals surface area contributed by atoms with E-state index < -0.39 is 15.7 Å². The molecule has 1 aromatic heterocycles. The van der Waals surface area contributed by atoms with E-state index >= 15 is 0 Å². The van der Waals surface area contributed by atoms with Gasteiger partial charge in [0.2, 0.25) is 0 Å². The van der Waals surface area contributed by atoms with Crippen LogP contribution >= 0.6 is 11.3 Å². The second-order valence-corrected chi connectivity index (χ2v) is 8.23. The van der Waals surface area contributed by atoms with E-state index in [0.29, 0.717) is 16.3 Å². The highest BCUT2D eigenvalue weighted by atomic mass is 32.2. The first kappa shape index (κ1) is 16.7. The van der Waals surface area contributed by atoms with Crippen molar-refractivity contribution in [3.05, 3.63) is 76.8 Å². The molecule has 0 fully saturated rings. The van der Waals surface area contributed by atoms with Gasteiger partial charge in [-0.25, -0.2) is 22.2 Å². The summed E-state index contributed by atoms with van der Waals surface area (Å²) in [6.45, 7) is 0. The number of hydrogen-bond acceptors (Lipinski definition) is 4. The molecule has 3 rings (SSSR count). The molecule has 7 heteroatoms. The number of nitrogens with zero attached hydrogens (tertiary/aromatic N) is 1. The number of rotatable bonds is 5. The van der Waals surface area contributed by atoms with Gasteiger partial charge in [0.25, 0.3) is 0 Å². The maximum absolute atomic E-state index is 12.9. The first-order chi connectivity index (χ1) is 11.4.